The van der Waals surface area contributed by atoms with Crippen LogP contribution in [0.1, 0.15) is 43.0 Å². The summed E-state index contributed by atoms with van der Waals surface area (Å²) in [4.78, 5) is 28.6. The van der Waals surface area contributed by atoms with Gasteiger partial charge in [-0.15, -0.1) is 11.3 Å². The third-order valence-electron chi connectivity index (χ3n) is 6.11. The monoisotopic (exact) mass is 475 g/mol. The predicted octanol–water partition coefficient (Wildman–Crippen LogP) is 2.95. The van der Waals surface area contributed by atoms with Gasteiger partial charge in [0.1, 0.15) is 6.04 Å². The van der Waals surface area contributed by atoms with Gasteiger partial charge in [-0.1, -0.05) is 19.4 Å². The molecule has 1 atom stereocenters. The number of nitrogens with one attached hydrogen (secondary N) is 1. The number of nitrogens with zero attached hydrogens (tertiary/aromatic N) is 2. The van der Waals surface area contributed by atoms with Crippen molar-refractivity contribution in [1.29, 1.82) is 0 Å². The summed E-state index contributed by atoms with van der Waals surface area (Å²) in [5, 5.41) is 4.95. The number of carbonyl (C=O) groups excluding carboxylic acids is 2. The van der Waals surface area contributed by atoms with E-state index in [2.05, 4.69) is 5.32 Å². The molecule has 0 spiro atoms. The Bertz CT molecular complexity index is 1080. The van der Waals surface area contributed by atoms with Crippen LogP contribution in [0.15, 0.2) is 40.6 Å². The number of anilines is 1. The largest absolute Gasteiger partial charge is 0.354 e. The standard InChI is InChI=1S/C23H29N3O4S2/c1-2-22(27)26-20-9-8-19(32(29,30)25-12-4-3-5-13-25)15-17(20)16-21(26)23(28)24-11-10-18-7-6-14-31-18/h6-9,14-15,21H,2-5,10-13,16H2,1H3,(H,24,28)/t21-/m0/s1. The SMILES string of the molecule is CCC(=O)N1c2ccc(S(=O)(=O)N3CCCCC3)cc2C[C@H]1C(=O)NCCc1cccs1. The highest BCUT2D eigenvalue weighted by atomic mass is 32.2. The molecule has 1 saturated heterocycles. The summed E-state index contributed by atoms with van der Waals surface area (Å²) >= 11 is 1.64. The van der Waals surface area contributed by atoms with Gasteiger partial charge in [0.15, 0.2) is 0 Å². The van der Waals surface area contributed by atoms with Gasteiger partial charge in [0, 0.05) is 43.0 Å². The molecule has 32 heavy (non-hydrogen) atoms. The number of benzene rings is 1. The van der Waals surface area contributed by atoms with E-state index in [1.165, 1.54) is 14.1 Å². The maximum absolute atomic E-state index is 13.1. The lowest BCUT2D eigenvalue weighted by atomic mass is 10.1. The van der Waals surface area contributed by atoms with Gasteiger partial charge in [0.05, 0.1) is 4.90 Å². The van der Waals surface area contributed by atoms with Crippen LogP contribution >= 0.6 is 11.3 Å². The molecule has 2 aliphatic heterocycles. The number of hydrogen-bond acceptors (Lipinski definition) is 5. The molecule has 1 aromatic carbocycles. The molecule has 2 aromatic rings. The number of amides is 2. The van der Waals surface area contributed by atoms with Gasteiger partial charge in [0.2, 0.25) is 21.8 Å². The van der Waals surface area contributed by atoms with Gasteiger partial charge in [-0.2, -0.15) is 4.31 Å². The van der Waals surface area contributed by atoms with Gasteiger partial charge in [-0.05, 0) is 54.5 Å². The molecular formula is C23H29N3O4S2. The van der Waals surface area contributed by atoms with E-state index in [-0.39, 0.29) is 23.1 Å². The number of piperidine rings is 1. The molecule has 0 bridgehead atoms. The predicted molar refractivity (Wildman–Crippen MR) is 125 cm³/mol. The summed E-state index contributed by atoms with van der Waals surface area (Å²) < 4.78 is 27.7. The van der Waals surface area contributed by atoms with Crippen molar-refractivity contribution in [3.05, 3.63) is 46.2 Å². The first-order chi connectivity index (χ1) is 15.4. The quantitative estimate of drug-likeness (QED) is 0.667. The second-order valence-corrected chi connectivity index (χ2v) is 11.2. The Morgan fingerprint density at radius 2 is 1.94 bits per heavy atom. The van der Waals surface area contributed by atoms with Crippen LogP contribution in [0.2, 0.25) is 0 Å². The van der Waals surface area contributed by atoms with Crippen LogP contribution in [0, 0.1) is 0 Å². The van der Waals surface area contributed by atoms with E-state index in [0.717, 1.165) is 31.2 Å². The van der Waals surface area contributed by atoms with Gasteiger partial charge in [0.25, 0.3) is 0 Å². The van der Waals surface area contributed by atoms with Crippen molar-refractivity contribution >= 4 is 38.9 Å². The molecule has 1 aromatic heterocycles. The Balaban J connectivity index is 1.53. The Morgan fingerprint density at radius 1 is 1.16 bits per heavy atom. The first-order valence-electron chi connectivity index (χ1n) is 11.2. The van der Waals surface area contributed by atoms with E-state index in [9.17, 15) is 18.0 Å². The third kappa shape index (κ3) is 4.60. The van der Waals surface area contributed by atoms with Crippen LogP contribution in [0.3, 0.4) is 0 Å². The average Bonchev–Trinajstić information content (AvgIpc) is 3.46. The molecule has 7 nitrogen and oxygen atoms in total. The summed E-state index contributed by atoms with van der Waals surface area (Å²) in [5.41, 5.74) is 1.36. The average molecular weight is 476 g/mol. The molecule has 1 fully saturated rings. The van der Waals surface area contributed by atoms with Crippen molar-refractivity contribution in [3.8, 4) is 0 Å². The first-order valence-corrected chi connectivity index (χ1v) is 13.5. The second kappa shape index (κ2) is 9.72. The minimum atomic E-state index is -3.57. The van der Waals surface area contributed by atoms with Crippen LogP contribution in [0.5, 0.6) is 0 Å². The Morgan fingerprint density at radius 3 is 2.62 bits per heavy atom. The van der Waals surface area contributed by atoms with Crippen LogP contribution in [0.25, 0.3) is 0 Å². The molecule has 4 rings (SSSR count). The van der Waals surface area contributed by atoms with Crippen molar-refractivity contribution in [2.24, 2.45) is 0 Å². The van der Waals surface area contributed by atoms with Gasteiger partial charge < -0.3 is 5.32 Å². The Hall–Kier alpha value is -2.23. The first kappa shape index (κ1) is 22.9. The highest BCUT2D eigenvalue weighted by Gasteiger charge is 2.38. The van der Waals surface area contributed by atoms with E-state index in [4.69, 9.17) is 0 Å². The molecule has 0 radical (unpaired) electrons. The number of thiophene rings is 1. The zero-order valence-electron chi connectivity index (χ0n) is 18.2. The van der Waals surface area contributed by atoms with Crippen LogP contribution in [0.4, 0.5) is 5.69 Å². The molecule has 0 aliphatic carbocycles. The van der Waals surface area contributed by atoms with Crippen molar-refractivity contribution < 1.29 is 18.0 Å². The van der Waals surface area contributed by atoms with E-state index in [0.29, 0.717) is 31.7 Å². The number of rotatable bonds is 7. The maximum atomic E-state index is 13.1. The van der Waals surface area contributed by atoms with Crippen LogP contribution in [-0.2, 0) is 32.5 Å². The fourth-order valence-electron chi connectivity index (χ4n) is 4.41. The van der Waals surface area contributed by atoms with Crippen LogP contribution in [-0.4, -0.2) is 50.2 Å². The van der Waals surface area contributed by atoms with Crippen LogP contribution < -0.4 is 10.2 Å². The molecule has 0 unspecified atom stereocenters. The van der Waals surface area contributed by atoms with Gasteiger partial charge in [-0.3, -0.25) is 14.5 Å². The van der Waals surface area contributed by atoms with E-state index < -0.39 is 16.1 Å². The Kier molecular flexibility index (Phi) is 6.97. The molecule has 2 aliphatic rings. The fraction of sp³-hybridized carbons (Fsp3) is 0.478. The van der Waals surface area contributed by atoms with Gasteiger partial charge in [-0.25, -0.2) is 8.42 Å². The molecule has 3 heterocycles. The summed E-state index contributed by atoms with van der Waals surface area (Å²) in [6.45, 7) is 3.33. The summed E-state index contributed by atoms with van der Waals surface area (Å²) in [6.07, 6.45) is 4.12. The van der Waals surface area contributed by atoms with E-state index in [1.807, 2.05) is 17.5 Å². The number of hydrogen-bond donors (Lipinski definition) is 1. The van der Waals surface area contributed by atoms with Crippen molar-refractivity contribution in [2.75, 3.05) is 24.5 Å². The summed E-state index contributed by atoms with van der Waals surface area (Å²) in [6, 6.07) is 8.24. The topological polar surface area (TPSA) is 86.8 Å². The third-order valence-corrected chi connectivity index (χ3v) is 8.94. The van der Waals surface area contributed by atoms with E-state index in [1.54, 1.807) is 36.5 Å². The normalized spacial score (nSPS) is 19.0. The maximum Gasteiger partial charge on any atom is 0.243 e. The smallest absolute Gasteiger partial charge is 0.243 e. The minimum absolute atomic E-state index is 0.145. The second-order valence-electron chi connectivity index (χ2n) is 8.21. The number of carbonyl (C=O) groups is 2. The lowest BCUT2D eigenvalue weighted by molar-refractivity contribution is -0.126. The Labute approximate surface area is 193 Å². The molecule has 1 N–H and O–H groups in total. The zero-order valence-corrected chi connectivity index (χ0v) is 19.9. The van der Waals surface area contributed by atoms with Crippen molar-refractivity contribution in [2.45, 2.75) is 56.4 Å². The molecule has 0 saturated carbocycles. The lowest BCUT2D eigenvalue weighted by Gasteiger charge is -2.26. The number of fused-ring (bicyclic) bond motifs is 1. The van der Waals surface area contributed by atoms with Crippen molar-refractivity contribution in [1.82, 2.24) is 9.62 Å². The molecular weight excluding hydrogens is 446 g/mol. The fourth-order valence-corrected chi connectivity index (χ4v) is 6.69. The summed E-state index contributed by atoms with van der Waals surface area (Å²) in [7, 11) is -3.57. The highest BCUT2D eigenvalue weighted by molar-refractivity contribution is 7.89. The molecule has 2 amide bonds. The highest BCUT2D eigenvalue weighted by Crippen LogP contribution is 2.35. The molecule has 172 valence electrons. The summed E-state index contributed by atoms with van der Waals surface area (Å²) in [5.74, 6) is -0.353. The minimum Gasteiger partial charge on any atom is -0.354 e. The zero-order chi connectivity index (χ0) is 22.7. The lowest BCUT2D eigenvalue weighted by Crippen LogP contribution is -2.48. The van der Waals surface area contributed by atoms with E-state index >= 15 is 0 Å². The number of sulfonamides is 1. The molecule has 9 heteroatoms. The van der Waals surface area contributed by atoms with Crippen molar-refractivity contribution in [3.63, 3.8) is 0 Å². The van der Waals surface area contributed by atoms with Gasteiger partial charge >= 0.3 is 0 Å².